The van der Waals surface area contributed by atoms with Crippen LogP contribution in [0.2, 0.25) is 0 Å². The second-order valence-corrected chi connectivity index (χ2v) is 6.20. The number of piperazine rings is 1. The van der Waals surface area contributed by atoms with Crippen molar-refractivity contribution in [3.8, 4) is 0 Å². The lowest BCUT2D eigenvalue weighted by Crippen LogP contribution is -2.48. The van der Waals surface area contributed by atoms with E-state index in [1.807, 2.05) is 24.0 Å². The van der Waals surface area contributed by atoms with Gasteiger partial charge < -0.3 is 4.90 Å². The maximum absolute atomic E-state index is 12.3. The Hall–Kier alpha value is -1.73. The Balaban J connectivity index is 1.54. The topological polar surface area (TPSA) is 65.1 Å². The predicted octanol–water partition coefficient (Wildman–Crippen LogP) is 1.13. The van der Waals surface area contributed by atoms with E-state index in [-0.39, 0.29) is 5.91 Å². The van der Waals surface area contributed by atoms with Gasteiger partial charge in [0, 0.05) is 31.1 Å². The molecule has 0 aliphatic carbocycles. The van der Waals surface area contributed by atoms with Crippen molar-refractivity contribution in [1.29, 1.82) is 0 Å². The minimum Gasteiger partial charge on any atom is -0.335 e. The minimum absolute atomic E-state index is 0.155. The summed E-state index contributed by atoms with van der Waals surface area (Å²) in [4.78, 5) is 22.7. The molecule has 2 aromatic rings. The molecule has 106 valence electrons. The van der Waals surface area contributed by atoms with Crippen molar-refractivity contribution in [1.82, 2.24) is 25.0 Å². The molecule has 1 amide bonds. The molecule has 0 radical (unpaired) electrons. The normalized spacial score (nSPS) is 16.6. The number of aromatic nitrogens is 3. The Morgan fingerprint density at radius 2 is 2.15 bits per heavy atom. The number of amides is 1. The summed E-state index contributed by atoms with van der Waals surface area (Å²) in [6.07, 6.45) is 1.52. The molecule has 6 nitrogen and oxygen atoms in total. The molecule has 1 aliphatic rings. The first kappa shape index (κ1) is 13.3. The van der Waals surface area contributed by atoms with Crippen molar-refractivity contribution >= 4 is 17.2 Å². The molecule has 0 bridgehead atoms. The maximum atomic E-state index is 12.3. The minimum atomic E-state index is 0.155. The third kappa shape index (κ3) is 2.88. The average molecular weight is 291 g/mol. The monoisotopic (exact) mass is 291 g/mol. The van der Waals surface area contributed by atoms with Gasteiger partial charge in [-0.2, -0.15) is 5.10 Å². The van der Waals surface area contributed by atoms with E-state index >= 15 is 0 Å². The molecule has 1 N–H and O–H groups in total. The highest BCUT2D eigenvalue weighted by Gasteiger charge is 2.23. The lowest BCUT2D eigenvalue weighted by molar-refractivity contribution is 0.0630. The molecule has 0 unspecified atom stereocenters. The number of nitrogens with one attached hydrogen (secondary N) is 1. The van der Waals surface area contributed by atoms with Crippen molar-refractivity contribution in [2.24, 2.45) is 0 Å². The van der Waals surface area contributed by atoms with Crippen molar-refractivity contribution < 1.29 is 4.79 Å². The van der Waals surface area contributed by atoms with Crippen molar-refractivity contribution in [3.63, 3.8) is 0 Å². The molecule has 0 atom stereocenters. The van der Waals surface area contributed by atoms with Crippen LogP contribution in [0.4, 0.5) is 0 Å². The Morgan fingerprint density at radius 3 is 2.75 bits per heavy atom. The van der Waals surface area contributed by atoms with Crippen molar-refractivity contribution in [3.05, 3.63) is 34.0 Å². The molecule has 1 aliphatic heterocycles. The number of hydrogen-bond donors (Lipinski definition) is 1. The molecule has 0 spiro atoms. The number of nitrogens with zero attached hydrogens (tertiary/aromatic N) is 4. The fraction of sp³-hybridized carbons (Fsp3) is 0.462. The molecule has 3 rings (SSSR count). The van der Waals surface area contributed by atoms with Crippen LogP contribution in [0.1, 0.15) is 20.4 Å². The van der Waals surface area contributed by atoms with Crippen LogP contribution in [-0.2, 0) is 6.54 Å². The summed E-state index contributed by atoms with van der Waals surface area (Å²) in [5.74, 6) is 1.03. The summed E-state index contributed by atoms with van der Waals surface area (Å²) in [7, 11) is 0. The van der Waals surface area contributed by atoms with Gasteiger partial charge in [-0.15, -0.1) is 11.3 Å². The summed E-state index contributed by atoms with van der Waals surface area (Å²) in [5.41, 5.74) is 0. The van der Waals surface area contributed by atoms with Gasteiger partial charge >= 0.3 is 0 Å². The van der Waals surface area contributed by atoms with Gasteiger partial charge in [-0.1, -0.05) is 0 Å². The van der Waals surface area contributed by atoms with Gasteiger partial charge in [-0.3, -0.25) is 14.8 Å². The number of carbonyl (C=O) groups excluding carboxylic acids is 1. The number of aromatic amines is 1. The maximum Gasteiger partial charge on any atom is 0.264 e. The Bertz CT molecular complexity index is 571. The SMILES string of the molecule is Cc1ccc(C(=O)N2CCN(Cc3ncn[nH]3)CC2)s1. The molecule has 2 aromatic heterocycles. The third-order valence-electron chi connectivity index (χ3n) is 3.45. The van der Waals surface area contributed by atoms with Crippen molar-refractivity contribution in [2.45, 2.75) is 13.5 Å². The summed E-state index contributed by atoms with van der Waals surface area (Å²) in [6.45, 7) is 6.07. The highest BCUT2D eigenvalue weighted by molar-refractivity contribution is 7.13. The van der Waals surface area contributed by atoms with E-state index in [0.29, 0.717) is 0 Å². The quantitative estimate of drug-likeness (QED) is 0.921. The summed E-state index contributed by atoms with van der Waals surface area (Å²) >= 11 is 1.57. The molecule has 0 aromatic carbocycles. The molecule has 1 saturated heterocycles. The van der Waals surface area contributed by atoms with Gasteiger partial charge in [0.2, 0.25) is 0 Å². The number of aryl methyl sites for hydroxylation is 1. The fourth-order valence-electron chi connectivity index (χ4n) is 2.33. The van der Waals surface area contributed by atoms with Gasteiger partial charge in [-0.05, 0) is 19.1 Å². The van der Waals surface area contributed by atoms with Crippen LogP contribution in [0.5, 0.6) is 0 Å². The first-order valence-corrected chi connectivity index (χ1v) is 7.46. The van der Waals surface area contributed by atoms with Gasteiger partial charge in [0.05, 0.1) is 11.4 Å². The van der Waals surface area contributed by atoms with Gasteiger partial charge in [0.25, 0.3) is 5.91 Å². The molecule has 0 saturated carbocycles. The largest absolute Gasteiger partial charge is 0.335 e. The predicted molar refractivity (Wildman–Crippen MR) is 76.6 cm³/mol. The first-order chi connectivity index (χ1) is 9.72. The van der Waals surface area contributed by atoms with Crippen LogP contribution < -0.4 is 0 Å². The first-order valence-electron chi connectivity index (χ1n) is 6.64. The van der Waals surface area contributed by atoms with Gasteiger partial charge in [-0.25, -0.2) is 4.98 Å². The Kier molecular flexibility index (Phi) is 3.79. The van der Waals surface area contributed by atoms with Crippen LogP contribution in [0.25, 0.3) is 0 Å². The standard InChI is InChI=1S/C13H17N5OS/c1-10-2-3-11(20-10)13(19)18-6-4-17(5-7-18)8-12-14-9-15-16-12/h2-3,9H,4-8H2,1H3,(H,14,15,16). The van der Waals surface area contributed by atoms with Crippen LogP contribution in [0, 0.1) is 6.92 Å². The Labute approximate surface area is 121 Å². The highest BCUT2D eigenvalue weighted by atomic mass is 32.1. The van der Waals surface area contributed by atoms with Crippen molar-refractivity contribution in [2.75, 3.05) is 26.2 Å². The highest BCUT2D eigenvalue weighted by Crippen LogP contribution is 2.18. The van der Waals surface area contributed by atoms with E-state index in [9.17, 15) is 4.79 Å². The zero-order chi connectivity index (χ0) is 13.9. The van der Waals surface area contributed by atoms with Gasteiger partial charge in [0.15, 0.2) is 0 Å². The third-order valence-corrected chi connectivity index (χ3v) is 4.44. The zero-order valence-electron chi connectivity index (χ0n) is 11.4. The van der Waals surface area contributed by atoms with Gasteiger partial charge in [0.1, 0.15) is 12.2 Å². The number of carbonyl (C=O) groups is 1. The summed E-state index contributed by atoms with van der Waals surface area (Å²) in [5, 5.41) is 6.71. The van der Waals surface area contributed by atoms with Crippen LogP contribution in [0.3, 0.4) is 0 Å². The van der Waals surface area contributed by atoms with Crippen LogP contribution in [-0.4, -0.2) is 57.1 Å². The molecular weight excluding hydrogens is 274 g/mol. The van der Waals surface area contributed by atoms with E-state index in [1.54, 1.807) is 11.3 Å². The average Bonchev–Trinajstić information content (AvgIpc) is 3.10. The number of rotatable bonds is 3. The van der Waals surface area contributed by atoms with Crippen LogP contribution >= 0.6 is 11.3 Å². The van der Waals surface area contributed by atoms with Crippen LogP contribution in [0.15, 0.2) is 18.5 Å². The lowest BCUT2D eigenvalue weighted by Gasteiger charge is -2.33. The van der Waals surface area contributed by atoms with E-state index < -0.39 is 0 Å². The van der Waals surface area contributed by atoms with E-state index in [4.69, 9.17) is 0 Å². The van der Waals surface area contributed by atoms with E-state index in [0.717, 1.165) is 43.4 Å². The fourth-order valence-corrected chi connectivity index (χ4v) is 3.17. The molecular formula is C13H17N5OS. The smallest absolute Gasteiger partial charge is 0.264 e. The zero-order valence-corrected chi connectivity index (χ0v) is 12.2. The number of H-pyrrole nitrogens is 1. The van der Waals surface area contributed by atoms with E-state index in [2.05, 4.69) is 20.1 Å². The molecule has 1 fully saturated rings. The second-order valence-electron chi connectivity index (χ2n) is 4.91. The summed E-state index contributed by atoms with van der Waals surface area (Å²) in [6, 6.07) is 3.92. The Morgan fingerprint density at radius 1 is 1.35 bits per heavy atom. The molecule has 20 heavy (non-hydrogen) atoms. The molecule has 3 heterocycles. The number of hydrogen-bond acceptors (Lipinski definition) is 5. The second kappa shape index (κ2) is 5.72. The lowest BCUT2D eigenvalue weighted by atomic mass is 10.3. The summed E-state index contributed by atoms with van der Waals surface area (Å²) < 4.78 is 0. The van der Waals surface area contributed by atoms with E-state index in [1.165, 1.54) is 11.2 Å². The molecule has 7 heteroatoms. The number of thiophene rings is 1.